The Balaban J connectivity index is 2.07. The topological polar surface area (TPSA) is 37.4 Å². The molecule has 0 spiro atoms. The van der Waals surface area contributed by atoms with Crippen molar-refractivity contribution in [2.75, 3.05) is 6.26 Å². The second kappa shape index (κ2) is 5.35. The van der Waals surface area contributed by atoms with Crippen molar-refractivity contribution >= 4 is 21.8 Å². The van der Waals surface area contributed by atoms with Crippen molar-refractivity contribution in [2.45, 2.75) is 49.9 Å². The molecule has 0 N–H and O–H groups in total. The van der Waals surface area contributed by atoms with E-state index in [1.807, 2.05) is 18.7 Å². The van der Waals surface area contributed by atoms with Crippen molar-refractivity contribution in [1.29, 1.82) is 0 Å². The molecule has 1 aliphatic heterocycles. The maximum absolute atomic E-state index is 11.8. The summed E-state index contributed by atoms with van der Waals surface area (Å²) in [5.41, 5.74) is 4.44. The fourth-order valence-electron chi connectivity index (χ4n) is 2.62. The molecule has 1 heterocycles. The number of hydrogen-bond donors (Lipinski definition) is 0. The van der Waals surface area contributed by atoms with Crippen LogP contribution in [0.15, 0.2) is 11.0 Å². The minimum absolute atomic E-state index is 0.452. The highest BCUT2D eigenvalue weighted by molar-refractivity contribution is 8.00. The molecule has 1 aromatic rings. The lowest BCUT2D eigenvalue weighted by Crippen LogP contribution is -2.23. The number of sulfonamides is 1. The van der Waals surface area contributed by atoms with Gasteiger partial charge in [-0.1, -0.05) is 5.92 Å². The number of nitrogens with zero attached hydrogens (tertiary/aromatic N) is 1. The van der Waals surface area contributed by atoms with Gasteiger partial charge in [-0.05, 0) is 49.4 Å². The van der Waals surface area contributed by atoms with Crippen LogP contribution in [0.2, 0.25) is 0 Å². The molecule has 0 aromatic heterocycles. The minimum atomic E-state index is -3.16. The van der Waals surface area contributed by atoms with Gasteiger partial charge in [0, 0.05) is 28.8 Å². The van der Waals surface area contributed by atoms with Crippen molar-refractivity contribution in [1.82, 2.24) is 4.31 Å². The summed E-state index contributed by atoms with van der Waals surface area (Å²) in [6, 6.07) is 2.18. The molecule has 0 radical (unpaired) electrons. The highest BCUT2D eigenvalue weighted by Gasteiger charge is 2.31. The summed E-state index contributed by atoms with van der Waals surface area (Å²) < 4.78 is 25.2. The van der Waals surface area contributed by atoms with Gasteiger partial charge in [0.15, 0.2) is 0 Å². The van der Waals surface area contributed by atoms with Crippen LogP contribution in [0.3, 0.4) is 0 Å². The Morgan fingerprint density at radius 3 is 2.62 bits per heavy atom. The standard InChI is InChI=1S/C16H19NO2S2/c1-4-5-14-11(2)16(20-13-6-7-13)8-12-9-17(10-15(12)14)21(3,18)19/h8,13H,6-7,9-10H2,1-3H3. The second-order valence-electron chi connectivity index (χ2n) is 5.74. The molecular weight excluding hydrogens is 302 g/mol. The summed E-state index contributed by atoms with van der Waals surface area (Å²) in [4.78, 5) is 1.27. The predicted octanol–water partition coefficient (Wildman–Crippen LogP) is 2.90. The molecule has 5 heteroatoms. The number of rotatable bonds is 3. The lowest BCUT2D eigenvalue weighted by molar-refractivity contribution is 0.436. The van der Waals surface area contributed by atoms with Gasteiger partial charge >= 0.3 is 0 Å². The lowest BCUT2D eigenvalue weighted by atomic mass is 9.99. The van der Waals surface area contributed by atoms with Crippen molar-refractivity contribution in [3.63, 3.8) is 0 Å². The Labute approximate surface area is 131 Å². The van der Waals surface area contributed by atoms with E-state index in [4.69, 9.17) is 0 Å². The van der Waals surface area contributed by atoms with Gasteiger partial charge in [0.05, 0.1) is 6.26 Å². The van der Waals surface area contributed by atoms with E-state index < -0.39 is 10.0 Å². The largest absolute Gasteiger partial charge is 0.212 e. The molecule has 3 nitrogen and oxygen atoms in total. The van der Waals surface area contributed by atoms with Crippen LogP contribution in [0.5, 0.6) is 0 Å². The molecule has 3 rings (SSSR count). The van der Waals surface area contributed by atoms with E-state index in [0.717, 1.165) is 21.9 Å². The molecule has 2 aliphatic rings. The maximum Gasteiger partial charge on any atom is 0.211 e. The van der Waals surface area contributed by atoms with Crippen molar-refractivity contribution in [2.24, 2.45) is 0 Å². The van der Waals surface area contributed by atoms with Crippen LogP contribution < -0.4 is 0 Å². The van der Waals surface area contributed by atoms with E-state index in [9.17, 15) is 8.42 Å². The fourth-order valence-corrected chi connectivity index (χ4v) is 4.58. The molecule has 0 unspecified atom stereocenters. The molecule has 0 atom stereocenters. The van der Waals surface area contributed by atoms with Gasteiger partial charge in [-0.15, -0.1) is 17.7 Å². The van der Waals surface area contributed by atoms with Crippen LogP contribution in [-0.4, -0.2) is 24.2 Å². The molecule has 0 amide bonds. The Morgan fingerprint density at radius 2 is 2.05 bits per heavy atom. The molecular formula is C16H19NO2S2. The van der Waals surface area contributed by atoms with Gasteiger partial charge in [-0.25, -0.2) is 8.42 Å². The van der Waals surface area contributed by atoms with Crippen molar-refractivity contribution < 1.29 is 8.42 Å². The Kier molecular flexibility index (Phi) is 3.81. The summed E-state index contributed by atoms with van der Waals surface area (Å²) in [5.74, 6) is 6.17. The zero-order valence-corrected chi connectivity index (χ0v) is 14.2. The molecule has 1 aromatic carbocycles. The smallest absolute Gasteiger partial charge is 0.211 e. The Bertz CT molecular complexity index is 753. The summed E-state index contributed by atoms with van der Waals surface area (Å²) in [6.45, 7) is 4.86. The normalized spacial score (nSPS) is 18.2. The van der Waals surface area contributed by atoms with E-state index in [-0.39, 0.29) is 0 Å². The zero-order chi connectivity index (χ0) is 15.2. The quantitative estimate of drug-likeness (QED) is 0.803. The molecule has 21 heavy (non-hydrogen) atoms. The Hall–Kier alpha value is -0.960. The first-order valence-corrected chi connectivity index (χ1v) is 9.83. The maximum atomic E-state index is 11.8. The number of fused-ring (bicyclic) bond motifs is 1. The third-order valence-electron chi connectivity index (χ3n) is 3.96. The first-order chi connectivity index (χ1) is 9.90. The van der Waals surface area contributed by atoms with Gasteiger partial charge in [-0.3, -0.25) is 0 Å². The minimum Gasteiger partial charge on any atom is -0.212 e. The van der Waals surface area contributed by atoms with Gasteiger partial charge in [-0.2, -0.15) is 4.31 Å². The molecule has 112 valence electrons. The molecule has 1 fully saturated rings. The number of benzene rings is 1. The molecule has 0 saturated heterocycles. The highest BCUT2D eigenvalue weighted by Crippen LogP contribution is 2.43. The first kappa shape index (κ1) is 15.0. The number of hydrogen-bond acceptors (Lipinski definition) is 3. The van der Waals surface area contributed by atoms with Gasteiger partial charge < -0.3 is 0 Å². The number of thioether (sulfide) groups is 1. The monoisotopic (exact) mass is 321 g/mol. The van der Waals surface area contributed by atoms with Crippen molar-refractivity contribution in [3.05, 3.63) is 28.3 Å². The van der Waals surface area contributed by atoms with Crippen LogP contribution in [0, 0.1) is 18.8 Å². The van der Waals surface area contributed by atoms with Crippen LogP contribution >= 0.6 is 11.8 Å². The molecule has 1 saturated carbocycles. The fraction of sp³-hybridized carbons (Fsp3) is 0.500. The summed E-state index contributed by atoms with van der Waals surface area (Å²) in [6.07, 6.45) is 3.84. The third kappa shape index (κ3) is 2.98. The third-order valence-corrected chi connectivity index (χ3v) is 6.64. The average molecular weight is 321 g/mol. The zero-order valence-electron chi connectivity index (χ0n) is 12.6. The van der Waals surface area contributed by atoms with E-state index in [0.29, 0.717) is 13.1 Å². The van der Waals surface area contributed by atoms with Gasteiger partial charge in [0.1, 0.15) is 0 Å². The van der Waals surface area contributed by atoms with Gasteiger partial charge in [0.2, 0.25) is 10.0 Å². The van der Waals surface area contributed by atoms with E-state index >= 15 is 0 Å². The van der Waals surface area contributed by atoms with Crippen LogP contribution in [0.1, 0.15) is 42.0 Å². The second-order valence-corrected chi connectivity index (χ2v) is 9.06. The molecule has 1 aliphatic carbocycles. The van der Waals surface area contributed by atoms with Crippen LogP contribution in [0.25, 0.3) is 0 Å². The Morgan fingerprint density at radius 1 is 1.33 bits per heavy atom. The molecule has 0 bridgehead atoms. The van der Waals surface area contributed by atoms with Gasteiger partial charge in [0.25, 0.3) is 0 Å². The summed E-state index contributed by atoms with van der Waals surface area (Å²) in [5, 5.41) is 0.733. The summed E-state index contributed by atoms with van der Waals surface area (Å²) in [7, 11) is -3.16. The van der Waals surface area contributed by atoms with Crippen LogP contribution in [0.4, 0.5) is 0 Å². The predicted molar refractivity (Wildman–Crippen MR) is 86.7 cm³/mol. The average Bonchev–Trinajstić information content (AvgIpc) is 3.10. The first-order valence-electron chi connectivity index (χ1n) is 7.10. The van der Waals surface area contributed by atoms with E-state index in [1.54, 1.807) is 0 Å². The van der Waals surface area contributed by atoms with E-state index in [1.165, 1.54) is 33.9 Å². The lowest BCUT2D eigenvalue weighted by Gasteiger charge is -2.12. The van der Waals surface area contributed by atoms with Crippen molar-refractivity contribution in [3.8, 4) is 11.8 Å². The van der Waals surface area contributed by atoms with E-state index in [2.05, 4.69) is 24.8 Å². The highest BCUT2D eigenvalue weighted by atomic mass is 32.2. The summed E-state index contributed by atoms with van der Waals surface area (Å²) >= 11 is 1.92. The van der Waals surface area contributed by atoms with Crippen LogP contribution in [-0.2, 0) is 23.1 Å². The SMILES string of the molecule is CC#Cc1c(C)c(SC2CC2)cc2c1CN(S(C)(=O)=O)C2.